The molecule has 2 aliphatic rings. The number of carbonyl (C=O) groups is 1. The molecule has 2 heterocycles. The molecule has 4 unspecified atom stereocenters. The lowest BCUT2D eigenvalue weighted by Gasteiger charge is -2.31. The molecule has 0 aromatic rings. The van der Waals surface area contributed by atoms with Gasteiger partial charge in [0.2, 0.25) is 5.91 Å². The summed E-state index contributed by atoms with van der Waals surface area (Å²) >= 11 is 0. The van der Waals surface area contributed by atoms with Gasteiger partial charge < -0.3 is 20.5 Å². The Hall–Kier alpha value is -0.650. The number of nitrogens with zero attached hydrogens (tertiary/aromatic N) is 1. The molecule has 1 amide bonds. The number of amides is 1. The second-order valence-corrected chi connectivity index (χ2v) is 5.58. The number of ether oxygens (including phenoxy) is 1. The Balaban J connectivity index is 2.02. The van der Waals surface area contributed by atoms with Gasteiger partial charge >= 0.3 is 0 Å². The van der Waals surface area contributed by atoms with Crippen molar-refractivity contribution >= 4 is 5.91 Å². The van der Waals surface area contributed by atoms with Gasteiger partial charge in [0.25, 0.3) is 0 Å². The van der Waals surface area contributed by atoms with Crippen LogP contribution in [0, 0.1) is 11.3 Å². The van der Waals surface area contributed by atoms with Crippen LogP contribution in [0.15, 0.2) is 0 Å². The lowest BCUT2D eigenvalue weighted by atomic mass is 9.84. The van der Waals surface area contributed by atoms with Gasteiger partial charge in [-0.25, -0.2) is 0 Å². The third kappa shape index (κ3) is 2.19. The highest BCUT2D eigenvalue weighted by Gasteiger charge is 2.47. The highest BCUT2D eigenvalue weighted by molar-refractivity contribution is 5.84. The van der Waals surface area contributed by atoms with Gasteiger partial charge in [-0.2, -0.15) is 0 Å². The van der Waals surface area contributed by atoms with Gasteiger partial charge in [-0.05, 0) is 20.3 Å². The third-order valence-corrected chi connectivity index (χ3v) is 4.20. The quantitative estimate of drug-likeness (QED) is 0.689. The summed E-state index contributed by atoms with van der Waals surface area (Å²) in [5, 5.41) is 9.55. The van der Waals surface area contributed by atoms with Gasteiger partial charge in [-0.3, -0.25) is 4.79 Å². The van der Waals surface area contributed by atoms with Gasteiger partial charge in [0.05, 0.1) is 24.7 Å². The number of aliphatic hydroxyl groups excluding tert-OH is 1. The first-order valence-electron chi connectivity index (χ1n) is 6.26. The molecule has 2 saturated heterocycles. The van der Waals surface area contributed by atoms with E-state index in [9.17, 15) is 9.90 Å². The van der Waals surface area contributed by atoms with Crippen molar-refractivity contribution in [3.05, 3.63) is 0 Å². The molecule has 0 aliphatic carbocycles. The van der Waals surface area contributed by atoms with Gasteiger partial charge in [0.1, 0.15) is 0 Å². The van der Waals surface area contributed by atoms with Crippen molar-refractivity contribution in [2.24, 2.45) is 17.1 Å². The molecule has 0 radical (unpaired) electrons. The van der Waals surface area contributed by atoms with E-state index < -0.39 is 5.41 Å². The molecule has 17 heavy (non-hydrogen) atoms. The summed E-state index contributed by atoms with van der Waals surface area (Å²) in [4.78, 5) is 14.3. The Morgan fingerprint density at radius 3 is 2.82 bits per heavy atom. The molecule has 0 bridgehead atoms. The van der Waals surface area contributed by atoms with Crippen molar-refractivity contribution in [3.63, 3.8) is 0 Å². The van der Waals surface area contributed by atoms with Crippen LogP contribution in [0.1, 0.15) is 20.3 Å². The van der Waals surface area contributed by atoms with Crippen LogP contribution in [0.3, 0.4) is 0 Å². The van der Waals surface area contributed by atoms with Gasteiger partial charge in [-0.15, -0.1) is 0 Å². The van der Waals surface area contributed by atoms with Crippen LogP contribution in [0.4, 0.5) is 0 Å². The van der Waals surface area contributed by atoms with E-state index in [2.05, 4.69) is 0 Å². The molecule has 2 rings (SSSR count). The van der Waals surface area contributed by atoms with Crippen LogP contribution in [0.2, 0.25) is 0 Å². The molecule has 0 aromatic heterocycles. The molecular weight excluding hydrogens is 220 g/mol. The zero-order valence-electron chi connectivity index (χ0n) is 10.6. The number of hydrogen-bond acceptors (Lipinski definition) is 4. The van der Waals surface area contributed by atoms with Gasteiger partial charge in [-0.1, -0.05) is 0 Å². The van der Waals surface area contributed by atoms with Crippen LogP contribution in [-0.4, -0.2) is 54.4 Å². The largest absolute Gasteiger partial charge is 0.393 e. The maximum atomic E-state index is 12.4. The Morgan fingerprint density at radius 1 is 1.65 bits per heavy atom. The van der Waals surface area contributed by atoms with Crippen LogP contribution in [0.5, 0.6) is 0 Å². The van der Waals surface area contributed by atoms with E-state index in [4.69, 9.17) is 10.5 Å². The Morgan fingerprint density at radius 2 is 2.35 bits per heavy atom. The fraction of sp³-hybridized carbons (Fsp3) is 0.917. The average molecular weight is 242 g/mol. The standard InChI is InChI=1S/C12H22N2O3/c1-8(15)9-3-4-14(5-9)11(16)12(2)7-17-6-10(12)13/h8-10,15H,3-7,13H2,1-2H3. The Kier molecular flexibility index (Phi) is 3.43. The van der Waals surface area contributed by atoms with Gasteiger partial charge in [0, 0.05) is 25.0 Å². The van der Waals surface area contributed by atoms with Crippen molar-refractivity contribution in [2.75, 3.05) is 26.3 Å². The lowest BCUT2D eigenvalue weighted by Crippen LogP contribution is -2.51. The summed E-state index contributed by atoms with van der Waals surface area (Å²) in [5.41, 5.74) is 5.36. The molecule has 0 spiro atoms. The van der Waals surface area contributed by atoms with Crippen molar-refractivity contribution in [1.29, 1.82) is 0 Å². The number of rotatable bonds is 2. The second-order valence-electron chi connectivity index (χ2n) is 5.58. The Bertz CT molecular complexity index is 308. The van der Waals surface area contributed by atoms with Crippen molar-refractivity contribution in [3.8, 4) is 0 Å². The monoisotopic (exact) mass is 242 g/mol. The zero-order chi connectivity index (χ0) is 12.6. The van der Waals surface area contributed by atoms with Crippen LogP contribution < -0.4 is 5.73 Å². The number of likely N-dealkylation sites (tertiary alicyclic amines) is 1. The van der Waals surface area contributed by atoms with Crippen molar-refractivity contribution < 1.29 is 14.6 Å². The first-order valence-corrected chi connectivity index (χ1v) is 6.26. The minimum Gasteiger partial charge on any atom is -0.393 e. The van der Waals surface area contributed by atoms with E-state index >= 15 is 0 Å². The van der Waals surface area contributed by atoms with Crippen LogP contribution >= 0.6 is 0 Å². The van der Waals surface area contributed by atoms with E-state index in [-0.39, 0.29) is 24.0 Å². The van der Waals surface area contributed by atoms with E-state index in [0.717, 1.165) is 13.0 Å². The smallest absolute Gasteiger partial charge is 0.232 e. The molecule has 0 saturated carbocycles. The molecule has 5 nitrogen and oxygen atoms in total. The topological polar surface area (TPSA) is 75.8 Å². The SMILES string of the molecule is CC(O)C1CCN(C(=O)C2(C)COCC2N)C1. The van der Waals surface area contributed by atoms with Gasteiger partial charge in [0.15, 0.2) is 0 Å². The molecule has 5 heteroatoms. The first-order chi connectivity index (χ1) is 7.95. The summed E-state index contributed by atoms with van der Waals surface area (Å²) in [6.45, 7) is 5.88. The first kappa shape index (κ1) is 12.8. The fourth-order valence-corrected chi connectivity index (χ4v) is 2.64. The van der Waals surface area contributed by atoms with E-state index in [0.29, 0.717) is 19.8 Å². The lowest BCUT2D eigenvalue weighted by molar-refractivity contribution is -0.140. The molecule has 4 atom stereocenters. The third-order valence-electron chi connectivity index (χ3n) is 4.20. The predicted octanol–water partition coefficient (Wildman–Crippen LogP) is -0.420. The molecule has 98 valence electrons. The summed E-state index contributed by atoms with van der Waals surface area (Å²) in [5.74, 6) is 0.270. The minimum atomic E-state index is -0.590. The second kappa shape index (κ2) is 4.55. The van der Waals surface area contributed by atoms with E-state index in [1.165, 1.54) is 0 Å². The normalized spacial score (nSPS) is 39.6. The summed E-state index contributed by atoms with van der Waals surface area (Å²) in [7, 11) is 0. The molecule has 3 N–H and O–H groups in total. The Labute approximate surface area is 102 Å². The minimum absolute atomic E-state index is 0.0747. The van der Waals surface area contributed by atoms with Crippen LogP contribution in [-0.2, 0) is 9.53 Å². The number of carbonyl (C=O) groups excluding carboxylic acids is 1. The summed E-state index contributed by atoms with van der Waals surface area (Å²) < 4.78 is 5.31. The zero-order valence-corrected chi connectivity index (χ0v) is 10.6. The molecule has 2 fully saturated rings. The fourth-order valence-electron chi connectivity index (χ4n) is 2.64. The maximum absolute atomic E-state index is 12.4. The van der Waals surface area contributed by atoms with Crippen molar-refractivity contribution in [2.45, 2.75) is 32.4 Å². The molecular formula is C12H22N2O3. The highest BCUT2D eigenvalue weighted by Crippen LogP contribution is 2.32. The molecule has 2 aliphatic heterocycles. The number of nitrogens with two attached hydrogens (primary N) is 1. The molecule has 0 aromatic carbocycles. The average Bonchev–Trinajstić information content (AvgIpc) is 2.87. The van der Waals surface area contributed by atoms with E-state index in [1.54, 1.807) is 6.92 Å². The predicted molar refractivity (Wildman–Crippen MR) is 63.3 cm³/mol. The number of hydrogen-bond donors (Lipinski definition) is 2. The van der Waals surface area contributed by atoms with Crippen molar-refractivity contribution in [1.82, 2.24) is 4.90 Å². The van der Waals surface area contributed by atoms with E-state index in [1.807, 2.05) is 11.8 Å². The highest BCUT2D eigenvalue weighted by atomic mass is 16.5. The maximum Gasteiger partial charge on any atom is 0.232 e. The summed E-state index contributed by atoms with van der Waals surface area (Å²) in [6, 6.07) is -0.222. The summed E-state index contributed by atoms with van der Waals surface area (Å²) in [6.07, 6.45) is 0.518. The van der Waals surface area contributed by atoms with Crippen LogP contribution in [0.25, 0.3) is 0 Å². The number of aliphatic hydroxyl groups is 1.